The van der Waals surface area contributed by atoms with Gasteiger partial charge in [-0.3, -0.25) is 9.59 Å². The van der Waals surface area contributed by atoms with E-state index in [1.54, 1.807) is 11.0 Å². The van der Waals surface area contributed by atoms with Crippen LogP contribution in [0.15, 0.2) is 47.3 Å². The molecule has 0 radical (unpaired) electrons. The van der Waals surface area contributed by atoms with Crippen molar-refractivity contribution in [1.82, 2.24) is 9.88 Å². The second-order valence-corrected chi connectivity index (χ2v) is 8.92. The molecule has 2 heterocycles. The summed E-state index contributed by atoms with van der Waals surface area (Å²) in [4.78, 5) is 36.6. The summed E-state index contributed by atoms with van der Waals surface area (Å²) in [6.07, 6.45) is 0. The van der Waals surface area contributed by atoms with Gasteiger partial charge in [0.1, 0.15) is 5.56 Å². The van der Waals surface area contributed by atoms with E-state index in [0.717, 1.165) is 34.4 Å². The van der Waals surface area contributed by atoms with Gasteiger partial charge in [0.15, 0.2) is 0 Å². The van der Waals surface area contributed by atoms with Crippen LogP contribution < -0.4 is 10.3 Å². The van der Waals surface area contributed by atoms with Crippen LogP contribution in [0, 0.1) is 0 Å². The van der Waals surface area contributed by atoms with E-state index in [2.05, 4.69) is 30.9 Å². The van der Waals surface area contributed by atoms with Crippen molar-refractivity contribution in [2.45, 2.75) is 13.8 Å². The normalized spacial score (nSPS) is 14.4. The molecule has 3 aliphatic rings. The number of rotatable bonds is 4. The van der Waals surface area contributed by atoms with E-state index in [9.17, 15) is 9.59 Å². The molecule has 5 rings (SSSR count). The molecular weight excluding hydrogens is 422 g/mol. The van der Waals surface area contributed by atoms with Gasteiger partial charge < -0.3 is 14.5 Å². The van der Waals surface area contributed by atoms with Crippen LogP contribution in [0.5, 0.6) is 0 Å². The largest absolute Gasteiger partial charge is 0.378 e. The summed E-state index contributed by atoms with van der Waals surface area (Å²) in [7, 11) is 0. The summed E-state index contributed by atoms with van der Waals surface area (Å²) in [6.45, 7) is 8.03. The van der Waals surface area contributed by atoms with Crippen LogP contribution in [0.3, 0.4) is 0 Å². The Balaban J connectivity index is 1.80. The number of hydrogen-bond donors (Lipinski definition) is 0. The van der Waals surface area contributed by atoms with E-state index in [1.807, 2.05) is 24.3 Å². The Morgan fingerprint density at radius 2 is 1.81 bits per heavy atom. The van der Waals surface area contributed by atoms with E-state index in [4.69, 9.17) is 9.72 Å². The SMILES string of the molecule is CCN(CC)c1ccc2nc3c4ccccc4c(=O)c(C(=O)N4CCOCC4)c-3sc2c1. The number of benzene rings is 3. The molecule has 164 valence electrons. The Bertz CT molecular complexity index is 1340. The minimum absolute atomic E-state index is 0.220. The van der Waals surface area contributed by atoms with Crippen LogP contribution >= 0.6 is 11.3 Å². The average Bonchev–Trinajstić information content (AvgIpc) is 2.84. The van der Waals surface area contributed by atoms with Gasteiger partial charge in [0.05, 0.1) is 34.0 Å². The topological polar surface area (TPSA) is 62.7 Å². The van der Waals surface area contributed by atoms with Crippen molar-refractivity contribution in [2.75, 3.05) is 44.3 Å². The van der Waals surface area contributed by atoms with Gasteiger partial charge in [-0.25, -0.2) is 4.98 Å². The molecule has 1 fully saturated rings. The van der Waals surface area contributed by atoms with Crippen LogP contribution in [0.4, 0.5) is 5.69 Å². The summed E-state index contributed by atoms with van der Waals surface area (Å²) in [5.41, 5.74) is 2.70. The fourth-order valence-electron chi connectivity index (χ4n) is 4.39. The molecule has 0 saturated carbocycles. The van der Waals surface area contributed by atoms with Crippen LogP contribution in [0.1, 0.15) is 24.2 Å². The molecule has 6 nitrogen and oxygen atoms in total. The monoisotopic (exact) mass is 447 g/mol. The molecule has 1 saturated heterocycles. The number of carbonyl (C=O) groups is 1. The first-order valence-electron chi connectivity index (χ1n) is 11.0. The van der Waals surface area contributed by atoms with Crippen molar-refractivity contribution in [2.24, 2.45) is 0 Å². The summed E-state index contributed by atoms with van der Waals surface area (Å²) >= 11 is 1.48. The maximum absolute atomic E-state index is 13.5. The molecule has 1 aliphatic carbocycles. The first-order valence-corrected chi connectivity index (χ1v) is 11.8. The lowest BCUT2D eigenvalue weighted by Gasteiger charge is -2.27. The van der Waals surface area contributed by atoms with E-state index in [-0.39, 0.29) is 16.9 Å². The summed E-state index contributed by atoms with van der Waals surface area (Å²) in [6, 6.07) is 13.7. The van der Waals surface area contributed by atoms with Gasteiger partial charge in [-0.15, -0.1) is 11.3 Å². The molecular formula is C25H25N3O3S. The smallest absolute Gasteiger partial charge is 0.259 e. The van der Waals surface area contributed by atoms with Crippen LogP contribution in [-0.2, 0) is 4.74 Å². The van der Waals surface area contributed by atoms with Crippen molar-refractivity contribution in [3.8, 4) is 10.6 Å². The highest BCUT2D eigenvalue weighted by Gasteiger charge is 2.29. The van der Waals surface area contributed by atoms with E-state index >= 15 is 0 Å². The fraction of sp³-hybridized carbons (Fsp3) is 0.320. The van der Waals surface area contributed by atoms with E-state index < -0.39 is 0 Å². The van der Waals surface area contributed by atoms with Crippen LogP contribution in [-0.4, -0.2) is 55.2 Å². The van der Waals surface area contributed by atoms with E-state index in [1.165, 1.54) is 11.3 Å². The maximum atomic E-state index is 13.5. The third kappa shape index (κ3) is 3.42. The standard InChI is InChI=1S/C25H25N3O3S/c1-3-27(4-2)16-9-10-19-20(15-16)32-24-21(25(30)28-11-13-31-14-12-28)23(29)18-8-6-5-7-17(18)22(24)26-19/h5-10,15H,3-4,11-14H2,1-2H3. The Hall–Kier alpha value is -3.03. The number of morpholine rings is 1. The number of fused-ring (bicyclic) bond motifs is 4. The Morgan fingerprint density at radius 1 is 1.09 bits per heavy atom. The third-order valence-corrected chi connectivity index (χ3v) is 7.27. The molecule has 7 heteroatoms. The highest BCUT2D eigenvalue weighted by molar-refractivity contribution is 7.22. The highest BCUT2D eigenvalue weighted by Crippen LogP contribution is 2.38. The lowest BCUT2D eigenvalue weighted by Crippen LogP contribution is -2.42. The van der Waals surface area contributed by atoms with Crippen molar-refractivity contribution in [3.05, 3.63) is 58.3 Å². The molecule has 2 aliphatic heterocycles. The minimum atomic E-state index is -0.230. The molecule has 0 spiro atoms. The quantitative estimate of drug-likeness (QED) is 0.346. The first kappa shape index (κ1) is 20.8. The van der Waals surface area contributed by atoms with Gasteiger partial charge in [-0.1, -0.05) is 24.3 Å². The van der Waals surface area contributed by atoms with Crippen LogP contribution in [0.2, 0.25) is 0 Å². The lowest BCUT2D eigenvalue weighted by molar-refractivity contribution is 0.0303. The lowest BCUT2D eigenvalue weighted by atomic mass is 9.99. The number of aromatic nitrogens is 1. The average molecular weight is 448 g/mol. The highest BCUT2D eigenvalue weighted by atomic mass is 32.1. The maximum Gasteiger partial charge on any atom is 0.259 e. The van der Waals surface area contributed by atoms with Gasteiger partial charge >= 0.3 is 0 Å². The fourth-order valence-corrected chi connectivity index (χ4v) is 5.54. The number of ether oxygens (including phenoxy) is 1. The molecule has 0 unspecified atom stereocenters. The van der Waals surface area contributed by atoms with Crippen molar-refractivity contribution < 1.29 is 9.53 Å². The Morgan fingerprint density at radius 3 is 2.53 bits per heavy atom. The van der Waals surface area contributed by atoms with Gasteiger partial charge in [-0.05, 0) is 32.0 Å². The first-order chi connectivity index (χ1) is 15.6. The molecule has 1 amide bonds. The summed E-state index contributed by atoms with van der Waals surface area (Å²) in [5, 5.41) is 1.33. The molecule has 2 aromatic carbocycles. The van der Waals surface area contributed by atoms with Crippen molar-refractivity contribution >= 4 is 43.9 Å². The number of amides is 1. The molecule has 2 aromatic rings. The van der Waals surface area contributed by atoms with Crippen molar-refractivity contribution in [1.29, 1.82) is 0 Å². The zero-order valence-electron chi connectivity index (χ0n) is 18.3. The Kier molecular flexibility index (Phi) is 5.53. The zero-order chi connectivity index (χ0) is 22.2. The molecule has 0 aromatic heterocycles. The summed E-state index contributed by atoms with van der Waals surface area (Å²) < 4.78 is 6.37. The third-order valence-electron chi connectivity index (χ3n) is 6.12. The van der Waals surface area contributed by atoms with E-state index in [0.29, 0.717) is 42.3 Å². The van der Waals surface area contributed by atoms with Gasteiger partial charge in [0.2, 0.25) is 5.43 Å². The molecule has 0 atom stereocenters. The molecule has 0 N–H and O–H groups in total. The van der Waals surface area contributed by atoms with Crippen molar-refractivity contribution in [3.63, 3.8) is 0 Å². The number of anilines is 1. The van der Waals surface area contributed by atoms with Gasteiger partial charge in [-0.2, -0.15) is 0 Å². The second-order valence-electron chi connectivity index (χ2n) is 7.87. The van der Waals surface area contributed by atoms with Crippen LogP contribution in [0.25, 0.3) is 31.6 Å². The number of nitrogens with zero attached hydrogens (tertiary/aromatic N) is 3. The van der Waals surface area contributed by atoms with Gasteiger partial charge in [0, 0.05) is 42.6 Å². The Labute approximate surface area is 190 Å². The minimum Gasteiger partial charge on any atom is -0.378 e. The van der Waals surface area contributed by atoms with Gasteiger partial charge in [0.25, 0.3) is 5.91 Å². The number of carbonyl (C=O) groups excluding carboxylic acids is 1. The zero-order valence-corrected chi connectivity index (χ0v) is 19.1. The predicted octanol–water partition coefficient (Wildman–Crippen LogP) is 4.23. The molecule has 32 heavy (non-hydrogen) atoms. The summed E-state index contributed by atoms with van der Waals surface area (Å²) in [5.74, 6) is -0.230. The number of hydrogen-bond acceptors (Lipinski definition) is 6. The molecule has 0 bridgehead atoms. The predicted molar refractivity (Wildman–Crippen MR) is 130 cm³/mol. The second kappa shape index (κ2) is 8.48.